The van der Waals surface area contributed by atoms with E-state index in [1.165, 1.54) is 0 Å². The molecule has 16 heavy (non-hydrogen) atoms. The van der Waals surface area contributed by atoms with Gasteiger partial charge in [0.05, 0.1) is 0 Å². The molecule has 2 rings (SSSR count). The summed E-state index contributed by atoms with van der Waals surface area (Å²) in [5.41, 5.74) is 10.3. The molecule has 0 heterocycles. The van der Waals surface area contributed by atoms with Crippen LogP contribution < -0.4 is 0 Å². The monoisotopic (exact) mass is 219 g/mol. The molecular weight excluding hydrogens is 205 g/mol. The third kappa shape index (κ3) is 2.02. The highest BCUT2D eigenvalue weighted by molar-refractivity contribution is 5.48. The lowest BCUT2D eigenvalue weighted by molar-refractivity contribution is 0.542. The summed E-state index contributed by atoms with van der Waals surface area (Å²) >= 11 is 0. The molecule has 0 bridgehead atoms. The molecule has 0 radical (unpaired) electrons. The van der Waals surface area contributed by atoms with Gasteiger partial charge in [-0.3, -0.25) is 0 Å². The van der Waals surface area contributed by atoms with Crippen LogP contribution in [0.1, 0.15) is 26.2 Å². The van der Waals surface area contributed by atoms with Crippen molar-refractivity contribution in [1.29, 1.82) is 0 Å². The Hall–Kier alpha value is -1.54. The van der Waals surface area contributed by atoms with E-state index in [2.05, 4.69) is 10.0 Å². The second-order valence-electron chi connectivity index (χ2n) is 4.28. The first-order valence-corrected chi connectivity index (χ1v) is 5.54. The van der Waals surface area contributed by atoms with Gasteiger partial charge in [-0.15, -0.1) is 0 Å². The lowest BCUT2D eigenvalue weighted by Crippen LogP contribution is -2.09. The number of azide groups is 1. The van der Waals surface area contributed by atoms with Gasteiger partial charge in [0.1, 0.15) is 5.83 Å². The number of hydrogen-bond donors (Lipinski definition) is 0. The van der Waals surface area contributed by atoms with Crippen molar-refractivity contribution < 1.29 is 4.39 Å². The molecule has 0 aromatic carbocycles. The fraction of sp³-hybridized carbons (Fsp3) is 0.500. The van der Waals surface area contributed by atoms with Crippen molar-refractivity contribution in [2.24, 2.45) is 11.0 Å². The summed E-state index contributed by atoms with van der Waals surface area (Å²) in [7, 11) is 0. The van der Waals surface area contributed by atoms with Gasteiger partial charge in [-0.05, 0) is 42.0 Å². The van der Waals surface area contributed by atoms with Crippen molar-refractivity contribution in [3.63, 3.8) is 0 Å². The highest BCUT2D eigenvalue weighted by Crippen LogP contribution is 2.39. The van der Waals surface area contributed by atoms with Gasteiger partial charge in [0.2, 0.25) is 0 Å². The van der Waals surface area contributed by atoms with Crippen LogP contribution in [-0.4, -0.2) is 6.04 Å². The van der Waals surface area contributed by atoms with Crippen LogP contribution in [0.2, 0.25) is 0 Å². The summed E-state index contributed by atoms with van der Waals surface area (Å²) in [6, 6.07) is -0.0961. The minimum atomic E-state index is -0.0961. The average molecular weight is 219 g/mol. The molecular formula is C12H14FN3. The molecule has 2 aliphatic carbocycles. The van der Waals surface area contributed by atoms with Crippen molar-refractivity contribution in [3.05, 3.63) is 45.6 Å². The third-order valence-corrected chi connectivity index (χ3v) is 3.08. The van der Waals surface area contributed by atoms with Crippen molar-refractivity contribution in [2.75, 3.05) is 0 Å². The Balaban J connectivity index is 2.14. The van der Waals surface area contributed by atoms with Crippen molar-refractivity contribution >= 4 is 0 Å². The van der Waals surface area contributed by atoms with Gasteiger partial charge in [-0.25, -0.2) is 4.39 Å². The molecule has 0 saturated carbocycles. The Bertz CT molecular complexity index is 428. The summed E-state index contributed by atoms with van der Waals surface area (Å²) < 4.78 is 13.7. The van der Waals surface area contributed by atoms with Crippen LogP contribution in [0.15, 0.2) is 40.3 Å². The van der Waals surface area contributed by atoms with Crippen LogP contribution in [0.3, 0.4) is 0 Å². The predicted molar refractivity (Wildman–Crippen MR) is 61.3 cm³/mol. The molecule has 0 spiro atoms. The highest BCUT2D eigenvalue weighted by Gasteiger charge is 2.26. The molecule has 1 unspecified atom stereocenters. The molecule has 0 aliphatic heterocycles. The molecule has 84 valence electrons. The van der Waals surface area contributed by atoms with E-state index in [0.29, 0.717) is 6.42 Å². The lowest BCUT2D eigenvalue weighted by Gasteiger charge is -2.18. The smallest absolute Gasteiger partial charge is 0.123 e. The first-order chi connectivity index (χ1) is 7.72. The first-order valence-electron chi connectivity index (χ1n) is 5.54. The summed E-state index contributed by atoms with van der Waals surface area (Å²) in [5, 5.41) is 3.63. The second kappa shape index (κ2) is 4.54. The van der Waals surface area contributed by atoms with Crippen LogP contribution in [-0.2, 0) is 0 Å². The normalized spacial score (nSPS) is 24.9. The largest absolute Gasteiger partial charge is 0.207 e. The summed E-state index contributed by atoms with van der Waals surface area (Å²) in [4.78, 5) is 2.78. The van der Waals surface area contributed by atoms with Gasteiger partial charge in [0.15, 0.2) is 0 Å². The Morgan fingerprint density at radius 2 is 2.50 bits per heavy atom. The molecule has 2 aliphatic rings. The Morgan fingerprint density at radius 3 is 3.25 bits per heavy atom. The maximum Gasteiger partial charge on any atom is 0.123 e. The highest BCUT2D eigenvalue weighted by atomic mass is 19.1. The van der Waals surface area contributed by atoms with E-state index in [1.807, 2.05) is 19.1 Å². The summed E-state index contributed by atoms with van der Waals surface area (Å²) in [6.07, 6.45) is 8.07. The van der Waals surface area contributed by atoms with Gasteiger partial charge in [-0.2, -0.15) is 0 Å². The van der Waals surface area contributed by atoms with Crippen LogP contribution >= 0.6 is 0 Å². The van der Waals surface area contributed by atoms with Crippen molar-refractivity contribution in [3.8, 4) is 0 Å². The zero-order valence-corrected chi connectivity index (χ0v) is 9.23. The maximum atomic E-state index is 13.7. The van der Waals surface area contributed by atoms with E-state index >= 15 is 0 Å². The Morgan fingerprint density at radius 1 is 1.69 bits per heavy atom. The minimum absolute atomic E-state index is 0.0760. The van der Waals surface area contributed by atoms with Crippen LogP contribution in [0.4, 0.5) is 4.39 Å². The lowest BCUT2D eigenvalue weighted by atomic mass is 9.89. The van der Waals surface area contributed by atoms with E-state index in [0.717, 1.165) is 24.0 Å². The standard InChI is InChI=1S/C12H14FN3/c1-8(15-16-14)7-10-6-5-9-3-2-4-11(13)12(9)10/h4-6,8,10H,2-3,7H2,1H3/t8-,10?/m0/s1. The van der Waals surface area contributed by atoms with E-state index in [-0.39, 0.29) is 17.8 Å². The van der Waals surface area contributed by atoms with E-state index in [9.17, 15) is 4.39 Å². The Labute approximate surface area is 94.0 Å². The molecule has 0 amide bonds. The van der Waals surface area contributed by atoms with Crippen LogP contribution in [0.25, 0.3) is 10.4 Å². The van der Waals surface area contributed by atoms with Crippen molar-refractivity contribution in [2.45, 2.75) is 32.2 Å². The van der Waals surface area contributed by atoms with E-state index in [4.69, 9.17) is 5.53 Å². The molecule has 0 aromatic rings. The second-order valence-corrected chi connectivity index (χ2v) is 4.28. The fourth-order valence-corrected chi connectivity index (χ4v) is 2.37. The summed E-state index contributed by atoms with van der Waals surface area (Å²) in [5.74, 6) is -0.0172. The van der Waals surface area contributed by atoms with E-state index < -0.39 is 0 Å². The maximum absolute atomic E-state index is 13.7. The molecule has 0 aromatic heterocycles. The molecule has 0 N–H and O–H groups in total. The van der Waals surface area contributed by atoms with Gasteiger partial charge in [0.25, 0.3) is 0 Å². The van der Waals surface area contributed by atoms with Gasteiger partial charge >= 0.3 is 0 Å². The van der Waals surface area contributed by atoms with E-state index in [1.54, 1.807) is 6.08 Å². The number of halogens is 1. The average Bonchev–Trinajstić information content (AvgIpc) is 2.63. The topological polar surface area (TPSA) is 48.8 Å². The molecule has 2 atom stereocenters. The number of hydrogen-bond acceptors (Lipinski definition) is 1. The minimum Gasteiger partial charge on any atom is -0.207 e. The first kappa shape index (κ1) is 11.0. The molecule has 4 heteroatoms. The predicted octanol–water partition coefficient (Wildman–Crippen LogP) is 4.21. The quantitative estimate of drug-likeness (QED) is 0.388. The van der Waals surface area contributed by atoms with Gasteiger partial charge < -0.3 is 0 Å². The van der Waals surface area contributed by atoms with Crippen LogP contribution in [0.5, 0.6) is 0 Å². The van der Waals surface area contributed by atoms with Gasteiger partial charge in [-0.1, -0.05) is 24.2 Å². The molecule has 3 nitrogen and oxygen atoms in total. The van der Waals surface area contributed by atoms with Gasteiger partial charge in [0, 0.05) is 16.9 Å². The molecule has 0 fully saturated rings. The van der Waals surface area contributed by atoms with Crippen LogP contribution in [0, 0.1) is 5.92 Å². The molecule has 0 saturated heterocycles. The third-order valence-electron chi connectivity index (χ3n) is 3.08. The zero-order valence-electron chi connectivity index (χ0n) is 9.23. The number of rotatable bonds is 3. The zero-order chi connectivity index (χ0) is 11.5. The fourth-order valence-electron chi connectivity index (χ4n) is 2.37. The van der Waals surface area contributed by atoms with Crippen molar-refractivity contribution in [1.82, 2.24) is 0 Å². The summed E-state index contributed by atoms with van der Waals surface area (Å²) in [6.45, 7) is 1.86. The Kier molecular flexibility index (Phi) is 3.11. The number of nitrogens with zero attached hydrogens (tertiary/aromatic N) is 3. The number of allylic oxidation sites excluding steroid dienone is 6. The SMILES string of the molecule is C[C@@H](CC1C=CC2=C1C(F)=CCC2)N=[N+]=[N-].